The summed E-state index contributed by atoms with van der Waals surface area (Å²) in [4.78, 5) is 24.6. The van der Waals surface area contributed by atoms with Crippen LogP contribution in [0.4, 0.5) is 0 Å². The van der Waals surface area contributed by atoms with Gasteiger partial charge in [0, 0.05) is 0 Å². The first-order valence-corrected chi connectivity index (χ1v) is 10.7. The van der Waals surface area contributed by atoms with Crippen LogP contribution in [0, 0.1) is 45.3 Å². The molecule has 4 atom stereocenters. The minimum atomic E-state index is -0.561. The molecule has 0 aliphatic heterocycles. The van der Waals surface area contributed by atoms with Gasteiger partial charge in [0.15, 0.2) is 0 Å². The summed E-state index contributed by atoms with van der Waals surface area (Å²) in [5.41, 5.74) is -0.754. The molecule has 0 amide bonds. The lowest BCUT2D eigenvalue weighted by Crippen LogP contribution is -2.66. The molecule has 8 fully saturated rings. The van der Waals surface area contributed by atoms with E-state index < -0.39 is 22.8 Å². The molecule has 0 aromatic heterocycles. The van der Waals surface area contributed by atoms with E-state index in [4.69, 9.17) is 0 Å². The Labute approximate surface area is 154 Å². The van der Waals surface area contributed by atoms with E-state index >= 15 is 0 Å². The van der Waals surface area contributed by atoms with E-state index in [0.717, 1.165) is 38.5 Å². The number of hydrogen-bond acceptors (Lipinski definition) is 2. The van der Waals surface area contributed by atoms with Crippen molar-refractivity contribution in [3.8, 4) is 0 Å². The molecule has 4 nitrogen and oxygen atoms in total. The third kappa shape index (κ3) is 1.73. The Morgan fingerprint density at radius 2 is 0.885 bits per heavy atom. The van der Waals surface area contributed by atoms with Gasteiger partial charge in [0.25, 0.3) is 0 Å². The van der Waals surface area contributed by atoms with E-state index in [1.165, 1.54) is 38.5 Å². The minimum absolute atomic E-state index is 0.119. The first kappa shape index (κ1) is 15.9. The molecule has 2 N–H and O–H groups in total. The number of carboxylic acids is 2. The van der Waals surface area contributed by atoms with Gasteiger partial charge in [-0.05, 0) is 112 Å². The number of hydrogen-bond donors (Lipinski definition) is 2. The van der Waals surface area contributed by atoms with Crippen molar-refractivity contribution < 1.29 is 19.8 Å². The Balaban J connectivity index is 1.46. The van der Waals surface area contributed by atoms with Gasteiger partial charge in [-0.3, -0.25) is 9.59 Å². The predicted molar refractivity (Wildman–Crippen MR) is 94.4 cm³/mol. The van der Waals surface area contributed by atoms with Crippen molar-refractivity contribution in [1.82, 2.24) is 0 Å². The highest BCUT2D eigenvalue weighted by atomic mass is 16.4. The monoisotopic (exact) mass is 358 g/mol. The lowest BCUT2D eigenvalue weighted by Gasteiger charge is -2.72. The summed E-state index contributed by atoms with van der Waals surface area (Å²) in [7, 11) is 0. The zero-order chi connectivity index (χ0) is 17.9. The molecule has 8 bridgehead atoms. The van der Waals surface area contributed by atoms with Crippen LogP contribution in [0.15, 0.2) is 0 Å². The van der Waals surface area contributed by atoms with E-state index in [9.17, 15) is 19.8 Å². The quantitative estimate of drug-likeness (QED) is 0.787. The van der Waals surface area contributed by atoms with Crippen LogP contribution in [0.2, 0.25) is 0 Å². The van der Waals surface area contributed by atoms with Gasteiger partial charge in [-0.2, -0.15) is 0 Å². The second-order valence-electron chi connectivity index (χ2n) is 11.7. The van der Waals surface area contributed by atoms with Crippen LogP contribution in [-0.2, 0) is 9.59 Å². The molecule has 0 aromatic carbocycles. The molecule has 0 aromatic rings. The van der Waals surface area contributed by atoms with Crippen LogP contribution in [0.1, 0.15) is 77.0 Å². The van der Waals surface area contributed by atoms with Gasteiger partial charge in [0.2, 0.25) is 0 Å². The molecule has 8 rings (SSSR count). The highest BCUT2D eigenvalue weighted by Gasteiger charge is 2.72. The van der Waals surface area contributed by atoms with Crippen molar-refractivity contribution in [3.63, 3.8) is 0 Å². The number of rotatable bonds is 3. The van der Waals surface area contributed by atoms with E-state index in [0.29, 0.717) is 23.7 Å². The second kappa shape index (κ2) is 4.50. The Morgan fingerprint density at radius 3 is 1.15 bits per heavy atom. The zero-order valence-corrected chi connectivity index (χ0v) is 15.5. The van der Waals surface area contributed by atoms with Gasteiger partial charge in [0.1, 0.15) is 0 Å². The molecule has 4 unspecified atom stereocenters. The lowest BCUT2D eigenvalue weighted by atomic mass is 9.31. The normalized spacial score (nSPS) is 58.9. The van der Waals surface area contributed by atoms with Crippen LogP contribution in [0.5, 0.6) is 0 Å². The SMILES string of the molecule is O=C(O)C12CC3CC(C1)CC(C14CC5CC(CC(C(=O)O)(C5)C1)C4)(C3)C2. The van der Waals surface area contributed by atoms with Crippen LogP contribution >= 0.6 is 0 Å². The molecule has 8 aliphatic carbocycles. The van der Waals surface area contributed by atoms with Gasteiger partial charge in [-0.1, -0.05) is 0 Å². The largest absolute Gasteiger partial charge is 0.481 e. The lowest BCUT2D eigenvalue weighted by molar-refractivity contribution is -0.242. The van der Waals surface area contributed by atoms with E-state index in [-0.39, 0.29) is 10.8 Å². The van der Waals surface area contributed by atoms with Crippen LogP contribution in [0.25, 0.3) is 0 Å². The fourth-order valence-electron chi connectivity index (χ4n) is 10.3. The average molecular weight is 358 g/mol. The van der Waals surface area contributed by atoms with Crippen LogP contribution in [0.3, 0.4) is 0 Å². The van der Waals surface area contributed by atoms with Crippen molar-refractivity contribution in [1.29, 1.82) is 0 Å². The highest BCUT2D eigenvalue weighted by Crippen LogP contribution is 2.78. The smallest absolute Gasteiger partial charge is 0.309 e. The minimum Gasteiger partial charge on any atom is -0.481 e. The summed E-state index contributed by atoms with van der Waals surface area (Å²) in [5, 5.41) is 20.2. The summed E-state index contributed by atoms with van der Waals surface area (Å²) >= 11 is 0. The summed E-state index contributed by atoms with van der Waals surface area (Å²) in [6, 6.07) is 0. The topological polar surface area (TPSA) is 74.6 Å². The Bertz CT molecular complexity index is 621. The van der Waals surface area contributed by atoms with Crippen molar-refractivity contribution >= 4 is 11.9 Å². The van der Waals surface area contributed by atoms with E-state index in [1.807, 2.05) is 0 Å². The van der Waals surface area contributed by atoms with Crippen LogP contribution < -0.4 is 0 Å². The van der Waals surface area contributed by atoms with Gasteiger partial charge >= 0.3 is 11.9 Å². The third-order valence-corrected chi connectivity index (χ3v) is 10.2. The molecule has 0 saturated heterocycles. The second-order valence-corrected chi connectivity index (χ2v) is 11.7. The van der Waals surface area contributed by atoms with Gasteiger partial charge in [0.05, 0.1) is 10.8 Å². The van der Waals surface area contributed by atoms with Crippen LogP contribution in [-0.4, -0.2) is 22.2 Å². The van der Waals surface area contributed by atoms with Crippen molar-refractivity contribution in [3.05, 3.63) is 0 Å². The molecule has 8 aliphatic rings. The molecule has 0 heterocycles. The molecule has 0 spiro atoms. The maximum absolute atomic E-state index is 12.3. The molecule has 8 saturated carbocycles. The Kier molecular flexibility index (Phi) is 2.76. The molecular formula is C22H30O4. The molecule has 4 heteroatoms. The highest BCUT2D eigenvalue weighted by molar-refractivity contribution is 5.76. The van der Waals surface area contributed by atoms with Crippen molar-refractivity contribution in [2.75, 3.05) is 0 Å². The number of carboxylic acid groups (broad SMARTS) is 2. The van der Waals surface area contributed by atoms with Crippen molar-refractivity contribution in [2.24, 2.45) is 45.3 Å². The Morgan fingerprint density at radius 1 is 0.577 bits per heavy atom. The van der Waals surface area contributed by atoms with E-state index in [1.54, 1.807) is 0 Å². The summed E-state index contributed by atoms with van der Waals surface area (Å²) in [5.74, 6) is 1.16. The molecule has 26 heavy (non-hydrogen) atoms. The summed E-state index contributed by atoms with van der Waals surface area (Å²) < 4.78 is 0. The summed E-state index contributed by atoms with van der Waals surface area (Å²) in [6.45, 7) is 0. The Hall–Kier alpha value is -1.06. The first-order valence-electron chi connectivity index (χ1n) is 10.7. The van der Waals surface area contributed by atoms with Gasteiger partial charge < -0.3 is 10.2 Å². The van der Waals surface area contributed by atoms with E-state index in [2.05, 4.69) is 0 Å². The fourth-order valence-corrected chi connectivity index (χ4v) is 10.3. The molecule has 0 radical (unpaired) electrons. The van der Waals surface area contributed by atoms with Gasteiger partial charge in [-0.15, -0.1) is 0 Å². The predicted octanol–water partition coefficient (Wildman–Crippen LogP) is 4.33. The fraction of sp³-hybridized carbons (Fsp3) is 0.909. The number of aliphatic carboxylic acids is 2. The first-order chi connectivity index (χ1) is 12.3. The van der Waals surface area contributed by atoms with Crippen molar-refractivity contribution in [2.45, 2.75) is 77.0 Å². The van der Waals surface area contributed by atoms with Gasteiger partial charge in [-0.25, -0.2) is 0 Å². The third-order valence-electron chi connectivity index (χ3n) is 10.2. The molecule has 142 valence electrons. The summed E-state index contributed by atoms with van der Waals surface area (Å²) in [6.07, 6.45) is 12.4. The number of carbonyl (C=O) groups is 2. The maximum Gasteiger partial charge on any atom is 0.309 e. The standard InChI is InChI=1S/C22H30O4/c23-17(24)19-3-13-1-14(4-19)8-21(7-13,11-19)22-9-15-2-16(10-22)6-20(5-15,12-22)18(25)26/h13-16H,1-12H2,(H,23,24)(H,25,26). The zero-order valence-electron chi connectivity index (χ0n) is 15.5. The maximum atomic E-state index is 12.3. The molecular weight excluding hydrogens is 328 g/mol. The average Bonchev–Trinajstić information content (AvgIpc) is 2.52.